The van der Waals surface area contributed by atoms with Gasteiger partial charge in [0.15, 0.2) is 23.0 Å². The Balaban J connectivity index is 0.000000503. The van der Waals surface area contributed by atoms with Crippen LogP contribution in [0.2, 0.25) is 0 Å². The Morgan fingerprint density at radius 1 is 0.579 bits per heavy atom. The largest absolute Gasteiger partial charge is 0.487 e. The van der Waals surface area contributed by atoms with Crippen LogP contribution in [0.25, 0.3) is 0 Å². The number of benzene rings is 2. The lowest BCUT2D eigenvalue weighted by Crippen LogP contribution is -2.14. The molecule has 10 heteroatoms. The van der Waals surface area contributed by atoms with E-state index in [1.165, 1.54) is 13.8 Å². The van der Waals surface area contributed by atoms with Crippen molar-refractivity contribution in [2.75, 3.05) is 52.9 Å². The lowest BCUT2D eigenvalue weighted by Gasteiger charge is -2.16. The van der Waals surface area contributed by atoms with Crippen LogP contribution in [0, 0.1) is 0 Å². The molecule has 0 atom stereocenters. The fourth-order valence-corrected chi connectivity index (χ4v) is 2.39. The number of aliphatic carboxylic acids is 2. The van der Waals surface area contributed by atoms with E-state index in [9.17, 15) is 9.59 Å². The summed E-state index contributed by atoms with van der Waals surface area (Å²) in [5.41, 5.74) is 0.352. The SMILES string of the molecule is C=C(C)C(=O)O.C=C(C)C(=O)O.c1ccc2c(c1)OCCOCCOCCOCCOc1ccccc1O2. The Morgan fingerprint density at radius 2 is 0.842 bits per heavy atom. The molecule has 0 aromatic heterocycles. The number of hydrogen-bond donors (Lipinski definition) is 2. The Kier molecular flexibility index (Phi) is 16.3. The minimum Gasteiger partial charge on any atom is -0.487 e. The molecule has 2 aromatic rings. The molecule has 0 aliphatic carbocycles. The molecule has 1 aliphatic heterocycles. The summed E-state index contributed by atoms with van der Waals surface area (Å²) in [5.74, 6) is 0.705. The average molecular weight is 533 g/mol. The van der Waals surface area contributed by atoms with Gasteiger partial charge in [-0.1, -0.05) is 37.4 Å². The van der Waals surface area contributed by atoms with Crippen LogP contribution in [-0.2, 0) is 23.8 Å². The highest BCUT2D eigenvalue weighted by Crippen LogP contribution is 2.36. The summed E-state index contributed by atoms with van der Waals surface area (Å²) >= 11 is 0. The van der Waals surface area contributed by atoms with E-state index >= 15 is 0 Å². The predicted octanol–water partition coefficient (Wildman–Crippen LogP) is 4.59. The van der Waals surface area contributed by atoms with Gasteiger partial charge in [0.1, 0.15) is 13.2 Å². The number of carboxylic acids is 2. The van der Waals surface area contributed by atoms with Crippen molar-refractivity contribution in [3.63, 3.8) is 0 Å². The quantitative estimate of drug-likeness (QED) is 0.530. The molecule has 0 fully saturated rings. The summed E-state index contributed by atoms with van der Waals surface area (Å²) in [5, 5.41) is 15.8. The van der Waals surface area contributed by atoms with E-state index in [0.29, 0.717) is 75.9 Å². The van der Waals surface area contributed by atoms with E-state index in [4.69, 9.17) is 38.6 Å². The molecule has 0 radical (unpaired) electrons. The second-order valence-electron chi connectivity index (χ2n) is 7.70. The van der Waals surface area contributed by atoms with Crippen LogP contribution in [0.4, 0.5) is 0 Å². The summed E-state index contributed by atoms with van der Waals surface area (Å²) in [6, 6.07) is 15.1. The Labute approximate surface area is 223 Å². The van der Waals surface area contributed by atoms with Gasteiger partial charge in [-0.15, -0.1) is 0 Å². The Morgan fingerprint density at radius 3 is 1.13 bits per heavy atom. The molecule has 38 heavy (non-hydrogen) atoms. The van der Waals surface area contributed by atoms with Crippen molar-refractivity contribution in [2.45, 2.75) is 13.8 Å². The molecule has 1 heterocycles. The predicted molar refractivity (Wildman–Crippen MR) is 141 cm³/mol. The van der Waals surface area contributed by atoms with Crippen molar-refractivity contribution in [1.29, 1.82) is 0 Å². The monoisotopic (exact) mass is 532 g/mol. The molecule has 2 aromatic carbocycles. The maximum Gasteiger partial charge on any atom is 0.330 e. The van der Waals surface area contributed by atoms with Crippen LogP contribution in [0.3, 0.4) is 0 Å². The van der Waals surface area contributed by atoms with Crippen molar-refractivity contribution < 1.29 is 48.2 Å². The van der Waals surface area contributed by atoms with Gasteiger partial charge in [-0.05, 0) is 38.1 Å². The molecule has 208 valence electrons. The number of hydrogen-bond acceptors (Lipinski definition) is 8. The first-order valence-electron chi connectivity index (χ1n) is 11.8. The topological polar surface area (TPSA) is 130 Å². The van der Waals surface area contributed by atoms with Crippen molar-refractivity contribution >= 4 is 11.9 Å². The molecule has 0 bridgehead atoms. The molecule has 0 spiro atoms. The van der Waals surface area contributed by atoms with Crippen LogP contribution in [0.5, 0.6) is 23.0 Å². The van der Waals surface area contributed by atoms with Crippen molar-refractivity contribution in [3.8, 4) is 23.0 Å². The summed E-state index contributed by atoms with van der Waals surface area (Å²) in [6.07, 6.45) is 0. The number of carbonyl (C=O) groups is 2. The number of rotatable bonds is 2. The highest BCUT2D eigenvalue weighted by molar-refractivity contribution is 5.85. The molecule has 0 amide bonds. The van der Waals surface area contributed by atoms with E-state index in [1.54, 1.807) is 0 Å². The smallest absolute Gasteiger partial charge is 0.330 e. The first-order chi connectivity index (χ1) is 18.2. The van der Waals surface area contributed by atoms with Crippen molar-refractivity contribution in [1.82, 2.24) is 0 Å². The molecule has 2 N–H and O–H groups in total. The van der Waals surface area contributed by atoms with Gasteiger partial charge in [-0.3, -0.25) is 0 Å². The lowest BCUT2D eigenvalue weighted by atomic mass is 10.3. The molecule has 0 unspecified atom stereocenters. The van der Waals surface area contributed by atoms with Gasteiger partial charge in [0, 0.05) is 11.1 Å². The van der Waals surface area contributed by atoms with E-state index in [-0.39, 0.29) is 11.1 Å². The zero-order valence-electron chi connectivity index (χ0n) is 21.9. The van der Waals surface area contributed by atoms with Gasteiger partial charge >= 0.3 is 11.9 Å². The van der Waals surface area contributed by atoms with E-state index < -0.39 is 11.9 Å². The third-order valence-corrected chi connectivity index (χ3v) is 4.36. The molecular weight excluding hydrogens is 496 g/mol. The van der Waals surface area contributed by atoms with Crippen LogP contribution < -0.4 is 14.2 Å². The van der Waals surface area contributed by atoms with E-state index in [2.05, 4.69) is 13.2 Å². The number of carboxylic acid groups (broad SMARTS) is 2. The number of para-hydroxylation sites is 4. The van der Waals surface area contributed by atoms with Gasteiger partial charge in [0.25, 0.3) is 0 Å². The Hall–Kier alpha value is -3.86. The maximum absolute atomic E-state index is 9.60. The van der Waals surface area contributed by atoms with Gasteiger partial charge in [-0.2, -0.15) is 0 Å². The minimum atomic E-state index is -0.935. The third kappa shape index (κ3) is 14.6. The fourth-order valence-electron chi connectivity index (χ4n) is 2.39. The highest BCUT2D eigenvalue weighted by atomic mass is 16.6. The molecular formula is C28H36O10. The van der Waals surface area contributed by atoms with Crippen molar-refractivity contribution in [2.24, 2.45) is 0 Å². The molecule has 3 rings (SSSR count). The van der Waals surface area contributed by atoms with Crippen LogP contribution >= 0.6 is 0 Å². The van der Waals surface area contributed by atoms with Gasteiger partial charge in [-0.25, -0.2) is 9.59 Å². The molecule has 10 nitrogen and oxygen atoms in total. The fraction of sp³-hybridized carbons (Fsp3) is 0.357. The number of ether oxygens (including phenoxy) is 6. The minimum absolute atomic E-state index is 0.176. The normalized spacial score (nSPS) is 14.2. The van der Waals surface area contributed by atoms with E-state index in [1.807, 2.05) is 48.5 Å². The zero-order chi connectivity index (χ0) is 28.2. The van der Waals surface area contributed by atoms with Gasteiger partial charge in [0.2, 0.25) is 0 Å². The lowest BCUT2D eigenvalue weighted by molar-refractivity contribution is -0.133. The third-order valence-electron chi connectivity index (χ3n) is 4.36. The molecule has 1 aliphatic rings. The van der Waals surface area contributed by atoms with Gasteiger partial charge in [0.05, 0.1) is 39.6 Å². The van der Waals surface area contributed by atoms with Crippen LogP contribution in [0.1, 0.15) is 13.8 Å². The van der Waals surface area contributed by atoms with Gasteiger partial charge < -0.3 is 38.6 Å². The number of fused-ring (bicyclic) bond motifs is 2. The average Bonchev–Trinajstić information content (AvgIpc) is 2.88. The Bertz CT molecular complexity index is 915. The summed E-state index contributed by atoms with van der Waals surface area (Å²) in [6.45, 7) is 13.1. The van der Waals surface area contributed by atoms with Crippen LogP contribution in [-0.4, -0.2) is 75.0 Å². The highest BCUT2D eigenvalue weighted by Gasteiger charge is 2.10. The second-order valence-corrected chi connectivity index (χ2v) is 7.70. The van der Waals surface area contributed by atoms with E-state index in [0.717, 1.165) is 0 Å². The molecule has 0 saturated carbocycles. The summed E-state index contributed by atoms with van der Waals surface area (Å²) in [7, 11) is 0. The first-order valence-corrected chi connectivity index (χ1v) is 11.8. The zero-order valence-corrected chi connectivity index (χ0v) is 21.9. The first kappa shape index (κ1) is 32.2. The standard InChI is InChI=1S/C20H24O6.2C4H6O2/c1-3-7-19-17(5-1)24-15-13-22-11-9-21-10-12-23-14-16-25-18-6-2-4-8-20(18)26-19;2*1-3(2)4(5)6/h1-8H,9-16H2;2*1H2,2H3,(H,5,6). The maximum atomic E-state index is 9.60. The molecule has 0 saturated heterocycles. The summed E-state index contributed by atoms with van der Waals surface area (Å²) in [4.78, 5) is 19.2. The second kappa shape index (κ2) is 19.3. The summed E-state index contributed by atoms with van der Waals surface area (Å²) < 4.78 is 34.1. The van der Waals surface area contributed by atoms with Crippen LogP contribution in [0.15, 0.2) is 72.8 Å². The van der Waals surface area contributed by atoms with Crippen molar-refractivity contribution in [3.05, 3.63) is 72.8 Å².